The van der Waals surface area contributed by atoms with Gasteiger partial charge in [-0.15, -0.1) is 0 Å². The van der Waals surface area contributed by atoms with E-state index in [4.69, 9.17) is 0 Å². The zero-order valence-corrected chi connectivity index (χ0v) is 9.85. The largest absolute Gasteiger partial charge is 0.382 e. The van der Waals surface area contributed by atoms with E-state index < -0.39 is 10.8 Å². The van der Waals surface area contributed by atoms with Gasteiger partial charge in [-0.3, -0.25) is 4.21 Å². The monoisotopic (exact) mass is 223 g/mol. The summed E-state index contributed by atoms with van der Waals surface area (Å²) in [6, 6.07) is 8.56. The van der Waals surface area contributed by atoms with E-state index in [1.165, 1.54) is 25.7 Å². The maximum atomic E-state index is 11.2. The third-order valence-electron chi connectivity index (χ3n) is 2.91. The van der Waals surface area contributed by atoms with Crippen LogP contribution in [0.1, 0.15) is 25.7 Å². The minimum Gasteiger partial charge on any atom is -0.382 e. The topological polar surface area (TPSA) is 29.1 Å². The second kappa shape index (κ2) is 4.79. The molecule has 2 rings (SSSR count). The van der Waals surface area contributed by atoms with Gasteiger partial charge in [0.25, 0.3) is 0 Å². The zero-order valence-electron chi connectivity index (χ0n) is 9.03. The maximum Gasteiger partial charge on any atom is 0.0498 e. The minimum atomic E-state index is -0.869. The van der Waals surface area contributed by atoms with E-state index in [0.717, 1.165) is 10.6 Å². The van der Waals surface area contributed by atoms with Crippen LogP contribution in [0.5, 0.6) is 0 Å². The summed E-state index contributed by atoms with van der Waals surface area (Å²) in [7, 11) is -0.869. The van der Waals surface area contributed by atoms with Crippen LogP contribution in [-0.4, -0.2) is 16.5 Å². The fourth-order valence-electron chi connectivity index (χ4n) is 2.05. The van der Waals surface area contributed by atoms with Gasteiger partial charge in [0.05, 0.1) is 0 Å². The first-order chi connectivity index (χ1) is 7.25. The van der Waals surface area contributed by atoms with Crippen LogP contribution >= 0.6 is 0 Å². The van der Waals surface area contributed by atoms with Crippen LogP contribution in [0.15, 0.2) is 29.2 Å². The Bertz CT molecular complexity index is 341. The normalized spacial score (nSPS) is 19.0. The van der Waals surface area contributed by atoms with Gasteiger partial charge in [0.1, 0.15) is 0 Å². The average molecular weight is 223 g/mol. The number of hydrogen-bond acceptors (Lipinski definition) is 2. The minimum absolute atomic E-state index is 0.642. The molecular weight excluding hydrogens is 206 g/mol. The summed E-state index contributed by atoms with van der Waals surface area (Å²) in [5.74, 6) is 0. The van der Waals surface area contributed by atoms with E-state index in [2.05, 4.69) is 5.32 Å². The number of anilines is 1. The molecule has 1 aliphatic carbocycles. The Hall–Kier alpha value is -0.830. The highest BCUT2D eigenvalue weighted by Crippen LogP contribution is 2.22. The van der Waals surface area contributed by atoms with Gasteiger partial charge in [0.15, 0.2) is 0 Å². The van der Waals surface area contributed by atoms with Crippen molar-refractivity contribution in [2.24, 2.45) is 0 Å². The molecule has 0 heterocycles. The Morgan fingerprint density at radius 2 is 1.80 bits per heavy atom. The third-order valence-corrected chi connectivity index (χ3v) is 3.85. The molecule has 2 nitrogen and oxygen atoms in total. The average Bonchev–Trinajstić information content (AvgIpc) is 2.71. The van der Waals surface area contributed by atoms with Crippen LogP contribution in [0.25, 0.3) is 0 Å². The summed E-state index contributed by atoms with van der Waals surface area (Å²) in [6.07, 6.45) is 6.95. The SMILES string of the molecule is CS(=O)c1ccc(NC2CCCC2)cc1. The first kappa shape index (κ1) is 10.7. The van der Waals surface area contributed by atoms with E-state index in [9.17, 15) is 4.21 Å². The van der Waals surface area contributed by atoms with Crippen LogP contribution < -0.4 is 5.32 Å². The van der Waals surface area contributed by atoms with E-state index in [0.29, 0.717) is 6.04 Å². The number of hydrogen-bond donors (Lipinski definition) is 1. The highest BCUT2D eigenvalue weighted by Gasteiger charge is 2.14. The lowest BCUT2D eigenvalue weighted by molar-refractivity contribution is 0.687. The summed E-state index contributed by atoms with van der Waals surface area (Å²) in [5, 5.41) is 3.51. The highest BCUT2D eigenvalue weighted by atomic mass is 32.2. The fraction of sp³-hybridized carbons (Fsp3) is 0.500. The summed E-state index contributed by atoms with van der Waals surface area (Å²) in [6.45, 7) is 0. The molecule has 15 heavy (non-hydrogen) atoms. The Morgan fingerprint density at radius 1 is 1.20 bits per heavy atom. The summed E-state index contributed by atoms with van der Waals surface area (Å²) in [4.78, 5) is 0.895. The van der Waals surface area contributed by atoms with Gasteiger partial charge in [-0.2, -0.15) is 0 Å². The first-order valence-corrected chi connectivity index (χ1v) is 7.01. The van der Waals surface area contributed by atoms with Gasteiger partial charge < -0.3 is 5.32 Å². The molecule has 3 heteroatoms. The van der Waals surface area contributed by atoms with Gasteiger partial charge in [-0.05, 0) is 37.1 Å². The van der Waals surface area contributed by atoms with Crippen molar-refractivity contribution in [2.45, 2.75) is 36.6 Å². The second-order valence-corrected chi connectivity index (χ2v) is 5.48. The quantitative estimate of drug-likeness (QED) is 0.853. The molecule has 1 aromatic rings. The standard InChI is InChI=1S/C12H17NOS/c1-15(14)12-8-6-11(7-9-12)13-10-4-2-3-5-10/h6-10,13H,2-5H2,1H3. The Balaban J connectivity index is 2.00. The van der Waals surface area contributed by atoms with Crippen LogP contribution in [0.3, 0.4) is 0 Å². The third kappa shape index (κ3) is 2.81. The molecule has 0 saturated heterocycles. The molecule has 0 aliphatic heterocycles. The van der Waals surface area contributed by atoms with Crippen molar-refractivity contribution in [1.82, 2.24) is 0 Å². The second-order valence-electron chi connectivity index (χ2n) is 4.10. The molecule has 1 aliphatic rings. The molecule has 1 unspecified atom stereocenters. The number of nitrogens with one attached hydrogen (secondary N) is 1. The van der Waals surface area contributed by atoms with Crippen LogP contribution in [0.2, 0.25) is 0 Å². The van der Waals surface area contributed by atoms with Crippen molar-refractivity contribution in [2.75, 3.05) is 11.6 Å². The molecule has 0 amide bonds. The summed E-state index contributed by atoms with van der Waals surface area (Å²) < 4.78 is 11.2. The lowest BCUT2D eigenvalue weighted by Gasteiger charge is -2.13. The van der Waals surface area contributed by atoms with Gasteiger partial charge in [-0.1, -0.05) is 12.8 Å². The Morgan fingerprint density at radius 3 is 2.33 bits per heavy atom. The van der Waals surface area contributed by atoms with Gasteiger partial charge >= 0.3 is 0 Å². The predicted octanol–water partition coefficient (Wildman–Crippen LogP) is 2.78. The van der Waals surface area contributed by atoms with E-state index in [1.54, 1.807) is 6.26 Å². The molecule has 1 fully saturated rings. The lowest BCUT2D eigenvalue weighted by atomic mass is 10.2. The van der Waals surface area contributed by atoms with Crippen LogP contribution in [0, 0.1) is 0 Å². The fourth-order valence-corrected chi connectivity index (χ4v) is 2.57. The molecule has 0 aromatic heterocycles. The smallest absolute Gasteiger partial charge is 0.0498 e. The number of rotatable bonds is 3. The Labute approximate surface area is 93.5 Å². The van der Waals surface area contributed by atoms with Gasteiger partial charge in [0, 0.05) is 33.7 Å². The Kier molecular flexibility index (Phi) is 3.41. The van der Waals surface area contributed by atoms with E-state index >= 15 is 0 Å². The van der Waals surface area contributed by atoms with Crippen LogP contribution in [-0.2, 0) is 10.8 Å². The van der Waals surface area contributed by atoms with Crippen molar-refractivity contribution in [3.8, 4) is 0 Å². The molecule has 0 spiro atoms. The zero-order chi connectivity index (χ0) is 10.7. The summed E-state index contributed by atoms with van der Waals surface area (Å²) >= 11 is 0. The van der Waals surface area contributed by atoms with Crippen LogP contribution in [0.4, 0.5) is 5.69 Å². The molecule has 82 valence electrons. The van der Waals surface area contributed by atoms with E-state index in [-0.39, 0.29) is 0 Å². The molecule has 1 aromatic carbocycles. The van der Waals surface area contributed by atoms with Crippen molar-refractivity contribution in [3.63, 3.8) is 0 Å². The molecular formula is C12H17NOS. The van der Waals surface area contributed by atoms with E-state index in [1.807, 2.05) is 24.3 Å². The lowest BCUT2D eigenvalue weighted by Crippen LogP contribution is -2.14. The van der Waals surface area contributed by atoms with Gasteiger partial charge in [0.2, 0.25) is 0 Å². The van der Waals surface area contributed by atoms with Crippen molar-refractivity contribution in [3.05, 3.63) is 24.3 Å². The maximum absolute atomic E-state index is 11.2. The summed E-state index contributed by atoms with van der Waals surface area (Å²) in [5.41, 5.74) is 1.15. The molecule has 0 radical (unpaired) electrons. The molecule has 1 atom stereocenters. The molecule has 1 N–H and O–H groups in total. The highest BCUT2D eigenvalue weighted by molar-refractivity contribution is 7.84. The van der Waals surface area contributed by atoms with Crippen molar-refractivity contribution in [1.29, 1.82) is 0 Å². The first-order valence-electron chi connectivity index (χ1n) is 5.46. The van der Waals surface area contributed by atoms with Crippen molar-refractivity contribution < 1.29 is 4.21 Å². The molecule has 0 bridgehead atoms. The molecule has 1 saturated carbocycles. The van der Waals surface area contributed by atoms with Gasteiger partial charge in [-0.25, -0.2) is 0 Å². The number of benzene rings is 1. The van der Waals surface area contributed by atoms with Crippen molar-refractivity contribution >= 4 is 16.5 Å². The predicted molar refractivity (Wildman–Crippen MR) is 64.7 cm³/mol.